The Hall–Kier alpha value is -3.20. The Labute approximate surface area is 209 Å². The first-order valence-electron chi connectivity index (χ1n) is 12.3. The minimum Gasteiger partial charge on any atom is -0.408 e. The van der Waals surface area contributed by atoms with Gasteiger partial charge < -0.3 is 14.6 Å². The summed E-state index contributed by atoms with van der Waals surface area (Å²) in [6.07, 6.45) is 7.69. The summed E-state index contributed by atoms with van der Waals surface area (Å²) in [5.74, 6) is 1.14. The molecule has 0 atom stereocenters. The molecule has 0 spiro atoms. The number of thiazole rings is 1. The first kappa shape index (κ1) is 24.9. The van der Waals surface area contributed by atoms with E-state index < -0.39 is 11.0 Å². The summed E-state index contributed by atoms with van der Waals surface area (Å²) < 4.78 is 7.93. The Bertz CT molecular complexity index is 1160. The fraction of sp³-hybridized carbons (Fsp3) is 0.462. The first-order chi connectivity index (χ1) is 17.0. The van der Waals surface area contributed by atoms with Crippen LogP contribution in [0, 0.1) is 23.0 Å². The zero-order valence-corrected chi connectivity index (χ0v) is 21.1. The topological polar surface area (TPSA) is 99.3 Å². The van der Waals surface area contributed by atoms with Crippen LogP contribution in [-0.4, -0.2) is 27.1 Å². The number of carbonyl (C=O) groups is 1. The van der Waals surface area contributed by atoms with Gasteiger partial charge in [0.05, 0.1) is 22.0 Å². The number of nitro benzene ring substituents is 1. The summed E-state index contributed by atoms with van der Waals surface area (Å²) in [6.45, 7) is 5.53. The van der Waals surface area contributed by atoms with Gasteiger partial charge in [0.25, 0.3) is 5.69 Å². The maximum absolute atomic E-state index is 12.3. The van der Waals surface area contributed by atoms with Gasteiger partial charge in [-0.05, 0) is 44.2 Å². The van der Waals surface area contributed by atoms with Crippen molar-refractivity contribution in [1.29, 1.82) is 0 Å². The molecule has 4 rings (SSSR count). The Balaban J connectivity index is 1.62. The summed E-state index contributed by atoms with van der Waals surface area (Å²) in [5, 5.41) is 16.6. The lowest BCUT2D eigenvalue weighted by molar-refractivity contribution is -0.384. The number of aromatic nitrogens is 2. The number of rotatable bonds is 9. The molecule has 35 heavy (non-hydrogen) atoms. The van der Waals surface area contributed by atoms with Crippen LogP contribution >= 0.6 is 11.3 Å². The van der Waals surface area contributed by atoms with Crippen molar-refractivity contribution in [1.82, 2.24) is 14.9 Å². The van der Waals surface area contributed by atoms with Gasteiger partial charge in [0.2, 0.25) is 0 Å². The van der Waals surface area contributed by atoms with E-state index in [1.54, 1.807) is 12.1 Å². The molecule has 186 valence electrons. The summed E-state index contributed by atoms with van der Waals surface area (Å²) in [6, 6.07) is 8.35. The molecule has 1 aromatic carbocycles. The number of nitrogens with one attached hydrogen (secondary N) is 1. The van der Waals surface area contributed by atoms with Gasteiger partial charge in [-0.25, -0.2) is 9.78 Å². The van der Waals surface area contributed by atoms with Crippen LogP contribution in [0.2, 0.25) is 0 Å². The molecule has 2 heterocycles. The van der Waals surface area contributed by atoms with E-state index in [0.717, 1.165) is 47.0 Å². The highest BCUT2D eigenvalue weighted by molar-refractivity contribution is 7.13. The van der Waals surface area contributed by atoms with Crippen molar-refractivity contribution in [2.24, 2.45) is 5.92 Å². The van der Waals surface area contributed by atoms with Crippen molar-refractivity contribution < 1.29 is 14.5 Å². The first-order valence-corrected chi connectivity index (χ1v) is 13.2. The second kappa shape index (κ2) is 11.5. The van der Waals surface area contributed by atoms with E-state index in [9.17, 15) is 14.9 Å². The minimum absolute atomic E-state index is 0.0570. The van der Waals surface area contributed by atoms with Crippen LogP contribution in [0.15, 0.2) is 35.7 Å². The highest BCUT2D eigenvalue weighted by atomic mass is 32.1. The number of nitro groups is 1. The Morgan fingerprint density at radius 3 is 2.69 bits per heavy atom. The monoisotopic (exact) mass is 496 g/mol. The molecule has 0 unspecified atom stereocenters. The van der Waals surface area contributed by atoms with Gasteiger partial charge in [0.1, 0.15) is 5.01 Å². The smallest absolute Gasteiger partial charge is 0.408 e. The molecule has 1 amide bonds. The quantitative estimate of drug-likeness (QED) is 0.196. The van der Waals surface area contributed by atoms with Gasteiger partial charge in [-0.3, -0.25) is 10.1 Å². The standard InChI is InChI=1S/C26H32N4O4S/c1-3-4-14-27-26(31)34-24-15-23(29(18(24)2)16-19-8-6-5-7-9-19)22-17-35-25(28-22)20-10-12-21(13-11-20)30(32)33/h10-13,15,17,19H,3-9,14,16H2,1-2H3,(H,27,31). The van der Waals surface area contributed by atoms with Crippen molar-refractivity contribution in [3.63, 3.8) is 0 Å². The average Bonchev–Trinajstić information content (AvgIpc) is 3.46. The fourth-order valence-electron chi connectivity index (χ4n) is 4.55. The van der Waals surface area contributed by atoms with Crippen molar-refractivity contribution >= 4 is 23.1 Å². The molecule has 1 fully saturated rings. The molecular weight excluding hydrogens is 464 g/mol. The number of non-ortho nitro benzene ring substituents is 1. The number of amides is 1. The van der Waals surface area contributed by atoms with Crippen LogP contribution in [0.3, 0.4) is 0 Å². The van der Waals surface area contributed by atoms with E-state index in [4.69, 9.17) is 9.72 Å². The SMILES string of the molecule is CCCCNC(=O)Oc1cc(-c2csc(-c3ccc([N+](=O)[O-])cc3)n2)n(CC2CCCCC2)c1C. The third-order valence-electron chi connectivity index (χ3n) is 6.58. The molecule has 9 heteroatoms. The predicted octanol–water partition coefficient (Wildman–Crippen LogP) is 6.96. The molecule has 3 aromatic rings. The second-order valence-electron chi connectivity index (χ2n) is 9.11. The van der Waals surface area contributed by atoms with Crippen LogP contribution in [0.4, 0.5) is 10.5 Å². The summed E-state index contributed by atoms with van der Waals surface area (Å²) in [5.41, 5.74) is 3.54. The molecular formula is C26H32N4O4S. The van der Waals surface area contributed by atoms with Gasteiger partial charge in [0.15, 0.2) is 5.75 Å². The summed E-state index contributed by atoms with van der Waals surface area (Å²) in [7, 11) is 0. The predicted molar refractivity (Wildman–Crippen MR) is 138 cm³/mol. The van der Waals surface area contributed by atoms with Crippen molar-refractivity contribution in [3.8, 4) is 27.7 Å². The number of hydrogen-bond donors (Lipinski definition) is 1. The van der Waals surface area contributed by atoms with Crippen molar-refractivity contribution in [2.75, 3.05) is 6.54 Å². The number of benzene rings is 1. The lowest BCUT2D eigenvalue weighted by Gasteiger charge is -2.24. The van der Waals surface area contributed by atoms with Crippen LogP contribution in [-0.2, 0) is 6.54 Å². The summed E-state index contributed by atoms with van der Waals surface area (Å²) >= 11 is 1.49. The van der Waals surface area contributed by atoms with Gasteiger partial charge >= 0.3 is 6.09 Å². The number of hydrogen-bond acceptors (Lipinski definition) is 6. The van der Waals surface area contributed by atoms with Gasteiger partial charge in [-0.1, -0.05) is 32.6 Å². The van der Waals surface area contributed by atoms with Crippen LogP contribution < -0.4 is 10.1 Å². The number of unbranched alkanes of at least 4 members (excludes halogenated alkanes) is 1. The Kier molecular flexibility index (Phi) is 8.17. The molecule has 0 saturated heterocycles. The van der Waals surface area contributed by atoms with E-state index in [0.29, 0.717) is 18.2 Å². The molecule has 1 saturated carbocycles. The molecule has 2 aromatic heterocycles. The molecule has 1 aliphatic rings. The normalized spacial score (nSPS) is 14.1. The molecule has 8 nitrogen and oxygen atoms in total. The highest BCUT2D eigenvalue weighted by Gasteiger charge is 2.22. The van der Waals surface area contributed by atoms with Gasteiger partial charge in [-0.15, -0.1) is 11.3 Å². The van der Waals surface area contributed by atoms with E-state index in [1.165, 1.54) is 55.6 Å². The van der Waals surface area contributed by atoms with Crippen LogP contribution in [0.5, 0.6) is 5.75 Å². The zero-order chi connectivity index (χ0) is 24.8. The van der Waals surface area contributed by atoms with E-state index >= 15 is 0 Å². The Morgan fingerprint density at radius 1 is 1.26 bits per heavy atom. The minimum atomic E-state index is -0.437. The molecule has 1 N–H and O–H groups in total. The van der Waals surface area contributed by atoms with E-state index in [2.05, 4.69) is 16.8 Å². The Morgan fingerprint density at radius 2 is 2.00 bits per heavy atom. The van der Waals surface area contributed by atoms with Crippen molar-refractivity contribution in [3.05, 3.63) is 51.5 Å². The second-order valence-corrected chi connectivity index (χ2v) is 9.96. The van der Waals surface area contributed by atoms with Gasteiger partial charge in [0, 0.05) is 42.2 Å². The number of carbonyl (C=O) groups excluding carboxylic acids is 1. The lowest BCUT2D eigenvalue weighted by Crippen LogP contribution is -2.27. The van der Waals surface area contributed by atoms with Gasteiger partial charge in [-0.2, -0.15) is 0 Å². The average molecular weight is 497 g/mol. The highest BCUT2D eigenvalue weighted by Crippen LogP contribution is 2.36. The maximum atomic E-state index is 12.3. The van der Waals surface area contributed by atoms with Crippen molar-refractivity contribution in [2.45, 2.75) is 65.3 Å². The molecule has 0 aliphatic heterocycles. The largest absolute Gasteiger partial charge is 0.412 e. The maximum Gasteiger partial charge on any atom is 0.412 e. The zero-order valence-electron chi connectivity index (χ0n) is 20.3. The van der Waals surface area contributed by atoms with Crippen LogP contribution in [0.25, 0.3) is 22.0 Å². The third-order valence-corrected chi connectivity index (χ3v) is 7.47. The lowest BCUT2D eigenvalue weighted by atomic mass is 9.89. The van der Waals surface area contributed by atoms with Crippen LogP contribution in [0.1, 0.15) is 57.6 Å². The summed E-state index contributed by atoms with van der Waals surface area (Å²) in [4.78, 5) is 27.8. The molecule has 0 bridgehead atoms. The fourth-order valence-corrected chi connectivity index (χ4v) is 5.37. The van der Waals surface area contributed by atoms with E-state index in [1.807, 2.05) is 18.4 Å². The third kappa shape index (κ3) is 6.08. The number of ether oxygens (including phenoxy) is 1. The molecule has 0 radical (unpaired) electrons. The number of nitrogens with zero attached hydrogens (tertiary/aromatic N) is 3. The molecule has 1 aliphatic carbocycles. The van der Waals surface area contributed by atoms with E-state index in [-0.39, 0.29) is 5.69 Å².